The maximum Gasteiger partial charge on any atom is 0.227 e. The molecular formula is C15H24N2O. The van der Waals surface area contributed by atoms with Crippen molar-refractivity contribution in [1.82, 2.24) is 0 Å². The van der Waals surface area contributed by atoms with E-state index in [2.05, 4.69) is 31.3 Å². The van der Waals surface area contributed by atoms with E-state index in [-0.39, 0.29) is 11.8 Å². The van der Waals surface area contributed by atoms with Crippen LogP contribution in [-0.2, 0) is 4.79 Å². The lowest BCUT2D eigenvalue weighted by Gasteiger charge is -2.13. The zero-order chi connectivity index (χ0) is 13.5. The van der Waals surface area contributed by atoms with Gasteiger partial charge in [0.25, 0.3) is 0 Å². The summed E-state index contributed by atoms with van der Waals surface area (Å²) in [5.74, 6) is 0.562. The summed E-state index contributed by atoms with van der Waals surface area (Å²) in [6.45, 7) is 6.82. The molecule has 0 aliphatic carbocycles. The zero-order valence-electron chi connectivity index (χ0n) is 11.6. The van der Waals surface area contributed by atoms with E-state index in [1.54, 1.807) is 0 Å². The Kier molecular flexibility index (Phi) is 5.86. The topological polar surface area (TPSA) is 55.1 Å². The monoisotopic (exact) mass is 248 g/mol. The summed E-state index contributed by atoms with van der Waals surface area (Å²) in [5.41, 5.74) is 7.62. The molecule has 2 unspecified atom stereocenters. The average molecular weight is 248 g/mol. The molecule has 0 aliphatic heterocycles. The number of nitrogens with one attached hydrogen (secondary N) is 1. The number of hydrogen-bond donors (Lipinski definition) is 2. The van der Waals surface area contributed by atoms with Crippen LogP contribution in [0.1, 0.15) is 45.1 Å². The van der Waals surface area contributed by atoms with Gasteiger partial charge >= 0.3 is 0 Å². The molecule has 100 valence electrons. The van der Waals surface area contributed by atoms with Crippen molar-refractivity contribution in [3.05, 3.63) is 29.8 Å². The Bertz CT molecular complexity index is 373. The second-order valence-corrected chi connectivity index (χ2v) is 4.90. The van der Waals surface area contributed by atoms with E-state index in [4.69, 9.17) is 5.73 Å². The first-order valence-electron chi connectivity index (χ1n) is 6.69. The summed E-state index contributed by atoms with van der Waals surface area (Å²) >= 11 is 0. The third kappa shape index (κ3) is 4.15. The first-order chi connectivity index (χ1) is 8.58. The van der Waals surface area contributed by atoms with Gasteiger partial charge in [0.2, 0.25) is 5.91 Å². The van der Waals surface area contributed by atoms with Crippen LogP contribution in [0.2, 0.25) is 0 Å². The third-order valence-electron chi connectivity index (χ3n) is 3.41. The number of rotatable bonds is 6. The fraction of sp³-hybridized carbons (Fsp3) is 0.533. The molecule has 2 atom stereocenters. The van der Waals surface area contributed by atoms with Crippen LogP contribution in [-0.4, -0.2) is 12.5 Å². The average Bonchev–Trinajstić information content (AvgIpc) is 2.39. The van der Waals surface area contributed by atoms with Gasteiger partial charge in [-0.2, -0.15) is 0 Å². The first-order valence-corrected chi connectivity index (χ1v) is 6.69. The first kappa shape index (κ1) is 14.7. The van der Waals surface area contributed by atoms with Crippen LogP contribution in [0, 0.1) is 5.92 Å². The summed E-state index contributed by atoms with van der Waals surface area (Å²) < 4.78 is 0. The standard InChI is InChI=1S/C15H24N2O/c1-4-11(2)13-5-7-14(8-6-13)17-15(18)12(3)9-10-16/h5-8,11-12H,4,9-10,16H2,1-3H3,(H,17,18). The lowest BCUT2D eigenvalue weighted by Crippen LogP contribution is -2.22. The van der Waals surface area contributed by atoms with E-state index in [0.717, 1.165) is 18.5 Å². The highest BCUT2D eigenvalue weighted by Gasteiger charge is 2.12. The Morgan fingerprint density at radius 1 is 1.28 bits per heavy atom. The molecule has 18 heavy (non-hydrogen) atoms. The largest absolute Gasteiger partial charge is 0.330 e. The molecule has 0 heterocycles. The van der Waals surface area contributed by atoms with Gasteiger partial charge in [0, 0.05) is 11.6 Å². The Morgan fingerprint density at radius 2 is 1.89 bits per heavy atom. The number of carbonyl (C=O) groups is 1. The molecule has 1 rings (SSSR count). The molecule has 3 N–H and O–H groups in total. The van der Waals surface area contributed by atoms with Crippen molar-refractivity contribution >= 4 is 11.6 Å². The van der Waals surface area contributed by atoms with E-state index in [9.17, 15) is 4.79 Å². The number of amides is 1. The van der Waals surface area contributed by atoms with Crippen LogP contribution >= 0.6 is 0 Å². The number of anilines is 1. The Balaban J connectivity index is 2.61. The van der Waals surface area contributed by atoms with Crippen molar-refractivity contribution in [1.29, 1.82) is 0 Å². The summed E-state index contributed by atoms with van der Waals surface area (Å²) in [6.07, 6.45) is 1.84. The minimum atomic E-state index is -0.0377. The Labute approximate surface area is 110 Å². The van der Waals surface area contributed by atoms with Crippen molar-refractivity contribution < 1.29 is 4.79 Å². The van der Waals surface area contributed by atoms with Crippen molar-refractivity contribution in [2.75, 3.05) is 11.9 Å². The number of nitrogens with two attached hydrogens (primary N) is 1. The molecule has 3 heteroatoms. The second-order valence-electron chi connectivity index (χ2n) is 4.90. The summed E-state index contributed by atoms with van der Waals surface area (Å²) in [6, 6.07) is 8.10. The van der Waals surface area contributed by atoms with E-state index in [1.807, 2.05) is 19.1 Å². The fourth-order valence-corrected chi connectivity index (χ4v) is 1.78. The molecule has 1 aromatic carbocycles. The minimum absolute atomic E-state index is 0.0377. The van der Waals surface area contributed by atoms with Gasteiger partial charge in [-0.1, -0.05) is 32.9 Å². The van der Waals surface area contributed by atoms with Crippen molar-refractivity contribution in [3.8, 4) is 0 Å². The molecule has 0 aromatic heterocycles. The van der Waals surface area contributed by atoms with Gasteiger partial charge < -0.3 is 11.1 Å². The maximum atomic E-state index is 11.8. The molecule has 1 aromatic rings. The molecule has 0 bridgehead atoms. The molecule has 0 fully saturated rings. The van der Waals surface area contributed by atoms with Crippen molar-refractivity contribution in [2.24, 2.45) is 11.7 Å². The van der Waals surface area contributed by atoms with Gasteiger partial charge in [0.05, 0.1) is 0 Å². The van der Waals surface area contributed by atoms with Gasteiger partial charge in [-0.05, 0) is 43.0 Å². The van der Waals surface area contributed by atoms with Crippen LogP contribution in [0.4, 0.5) is 5.69 Å². The normalized spacial score (nSPS) is 14.0. The lowest BCUT2D eigenvalue weighted by atomic mass is 9.98. The SMILES string of the molecule is CCC(C)c1ccc(NC(=O)C(C)CCN)cc1. The maximum absolute atomic E-state index is 11.8. The van der Waals surface area contributed by atoms with Gasteiger partial charge in [-0.3, -0.25) is 4.79 Å². The number of benzene rings is 1. The van der Waals surface area contributed by atoms with E-state index < -0.39 is 0 Å². The van der Waals surface area contributed by atoms with Crippen LogP contribution in [0.5, 0.6) is 0 Å². The van der Waals surface area contributed by atoms with E-state index >= 15 is 0 Å². The van der Waals surface area contributed by atoms with Crippen molar-refractivity contribution in [3.63, 3.8) is 0 Å². The van der Waals surface area contributed by atoms with Gasteiger partial charge in [0.15, 0.2) is 0 Å². The van der Waals surface area contributed by atoms with Crippen molar-refractivity contribution in [2.45, 2.75) is 39.5 Å². The summed E-state index contributed by atoms with van der Waals surface area (Å²) in [5, 5.41) is 2.92. The van der Waals surface area contributed by atoms with Crippen LogP contribution in [0.15, 0.2) is 24.3 Å². The lowest BCUT2D eigenvalue weighted by molar-refractivity contribution is -0.119. The minimum Gasteiger partial charge on any atom is -0.330 e. The number of carbonyl (C=O) groups excluding carboxylic acids is 1. The van der Waals surface area contributed by atoms with Crippen LogP contribution < -0.4 is 11.1 Å². The molecular weight excluding hydrogens is 224 g/mol. The van der Waals surface area contributed by atoms with Crippen LogP contribution in [0.25, 0.3) is 0 Å². The quantitative estimate of drug-likeness (QED) is 0.812. The highest BCUT2D eigenvalue weighted by Crippen LogP contribution is 2.20. The molecule has 3 nitrogen and oxygen atoms in total. The predicted octanol–water partition coefficient (Wildman–Crippen LogP) is 3.12. The summed E-state index contributed by atoms with van der Waals surface area (Å²) in [7, 11) is 0. The molecule has 1 amide bonds. The van der Waals surface area contributed by atoms with Gasteiger partial charge in [0.1, 0.15) is 0 Å². The smallest absolute Gasteiger partial charge is 0.227 e. The molecule has 0 spiro atoms. The Hall–Kier alpha value is -1.35. The fourth-order valence-electron chi connectivity index (χ4n) is 1.78. The number of hydrogen-bond acceptors (Lipinski definition) is 2. The van der Waals surface area contributed by atoms with E-state index in [0.29, 0.717) is 12.5 Å². The predicted molar refractivity (Wildman–Crippen MR) is 76.6 cm³/mol. The summed E-state index contributed by atoms with van der Waals surface area (Å²) in [4.78, 5) is 11.8. The molecule has 0 saturated carbocycles. The Morgan fingerprint density at radius 3 is 2.39 bits per heavy atom. The van der Waals surface area contributed by atoms with Crippen LogP contribution in [0.3, 0.4) is 0 Å². The molecule has 0 saturated heterocycles. The second kappa shape index (κ2) is 7.17. The molecule has 0 aliphatic rings. The van der Waals surface area contributed by atoms with Gasteiger partial charge in [-0.15, -0.1) is 0 Å². The third-order valence-corrected chi connectivity index (χ3v) is 3.41. The highest BCUT2D eigenvalue weighted by molar-refractivity contribution is 5.92. The van der Waals surface area contributed by atoms with E-state index in [1.165, 1.54) is 5.56 Å². The zero-order valence-corrected chi connectivity index (χ0v) is 11.6. The molecule has 0 radical (unpaired) electrons. The highest BCUT2D eigenvalue weighted by atomic mass is 16.1. The van der Waals surface area contributed by atoms with Gasteiger partial charge in [-0.25, -0.2) is 0 Å².